The number of hydrogen-bond donors (Lipinski definition) is 1. The normalized spacial score (nSPS) is 12.1. The zero-order chi connectivity index (χ0) is 13.7. The Hall–Kier alpha value is -1.72. The van der Waals surface area contributed by atoms with Crippen LogP contribution in [-0.4, -0.2) is 22.7 Å². The second kappa shape index (κ2) is 6.45. The SMILES string of the molecule is CCOC(=O)C[C@H](O)c1csc(-c2ccccc2)n1. The molecule has 0 radical (unpaired) electrons. The van der Waals surface area contributed by atoms with Gasteiger partial charge in [-0.25, -0.2) is 4.98 Å². The molecule has 0 aliphatic heterocycles. The lowest BCUT2D eigenvalue weighted by Gasteiger charge is -2.06. The quantitative estimate of drug-likeness (QED) is 0.854. The number of aromatic nitrogens is 1. The molecule has 0 saturated carbocycles. The summed E-state index contributed by atoms with van der Waals surface area (Å²) in [6.07, 6.45) is -0.973. The monoisotopic (exact) mass is 277 g/mol. The van der Waals surface area contributed by atoms with E-state index in [4.69, 9.17) is 4.74 Å². The number of esters is 1. The highest BCUT2D eigenvalue weighted by atomic mass is 32.1. The van der Waals surface area contributed by atoms with Gasteiger partial charge in [-0.3, -0.25) is 4.79 Å². The van der Waals surface area contributed by atoms with Crippen LogP contribution < -0.4 is 0 Å². The van der Waals surface area contributed by atoms with Crippen molar-refractivity contribution in [3.05, 3.63) is 41.4 Å². The Morgan fingerprint density at radius 1 is 1.42 bits per heavy atom. The van der Waals surface area contributed by atoms with Crippen LogP contribution in [0.5, 0.6) is 0 Å². The fourth-order valence-corrected chi connectivity index (χ4v) is 2.51. The summed E-state index contributed by atoms with van der Waals surface area (Å²) < 4.78 is 4.80. The Morgan fingerprint density at radius 3 is 2.84 bits per heavy atom. The van der Waals surface area contributed by atoms with Crippen molar-refractivity contribution in [2.45, 2.75) is 19.4 Å². The number of carbonyl (C=O) groups excluding carboxylic acids is 1. The van der Waals surface area contributed by atoms with Gasteiger partial charge in [-0.2, -0.15) is 0 Å². The maximum Gasteiger partial charge on any atom is 0.308 e. The summed E-state index contributed by atoms with van der Waals surface area (Å²) in [7, 11) is 0. The van der Waals surface area contributed by atoms with Gasteiger partial charge in [0.2, 0.25) is 0 Å². The topological polar surface area (TPSA) is 59.4 Å². The Kier molecular flexibility index (Phi) is 4.65. The third-order valence-electron chi connectivity index (χ3n) is 2.55. The molecule has 0 bridgehead atoms. The number of carbonyl (C=O) groups is 1. The minimum Gasteiger partial charge on any atom is -0.466 e. The summed E-state index contributed by atoms with van der Waals surface area (Å²) >= 11 is 1.45. The minimum atomic E-state index is -0.909. The summed E-state index contributed by atoms with van der Waals surface area (Å²) in [5, 5.41) is 12.5. The molecule has 5 heteroatoms. The molecular formula is C14H15NO3S. The first kappa shape index (κ1) is 13.7. The van der Waals surface area contributed by atoms with E-state index in [1.54, 1.807) is 12.3 Å². The highest BCUT2D eigenvalue weighted by Gasteiger charge is 2.17. The molecule has 2 aromatic rings. The first-order valence-electron chi connectivity index (χ1n) is 6.05. The van der Waals surface area contributed by atoms with Gasteiger partial charge in [0.05, 0.1) is 18.7 Å². The summed E-state index contributed by atoms with van der Waals surface area (Å²) in [4.78, 5) is 15.7. The van der Waals surface area contributed by atoms with Crippen LogP contribution in [0, 0.1) is 0 Å². The van der Waals surface area contributed by atoms with Gasteiger partial charge in [0.15, 0.2) is 0 Å². The molecule has 1 N–H and O–H groups in total. The highest BCUT2D eigenvalue weighted by molar-refractivity contribution is 7.13. The first-order valence-corrected chi connectivity index (χ1v) is 6.93. The molecule has 1 aromatic heterocycles. The Morgan fingerprint density at radius 2 is 2.16 bits per heavy atom. The number of thiazole rings is 1. The maximum atomic E-state index is 11.3. The van der Waals surface area contributed by atoms with Gasteiger partial charge in [-0.15, -0.1) is 11.3 Å². The van der Waals surface area contributed by atoms with Gasteiger partial charge in [-0.1, -0.05) is 30.3 Å². The van der Waals surface area contributed by atoms with Gasteiger partial charge < -0.3 is 9.84 Å². The van der Waals surface area contributed by atoms with E-state index in [0.29, 0.717) is 12.3 Å². The summed E-state index contributed by atoms with van der Waals surface area (Å²) in [6.45, 7) is 2.05. The van der Waals surface area contributed by atoms with Crippen molar-refractivity contribution in [3.63, 3.8) is 0 Å². The van der Waals surface area contributed by atoms with Gasteiger partial charge in [0, 0.05) is 10.9 Å². The number of hydrogen-bond acceptors (Lipinski definition) is 5. The Labute approximate surface area is 115 Å². The number of aliphatic hydroxyl groups excluding tert-OH is 1. The zero-order valence-corrected chi connectivity index (χ0v) is 11.4. The van der Waals surface area contributed by atoms with Crippen LogP contribution in [0.1, 0.15) is 25.1 Å². The van der Waals surface area contributed by atoms with Crippen LogP contribution in [0.15, 0.2) is 35.7 Å². The average molecular weight is 277 g/mol. The molecule has 1 aromatic carbocycles. The molecule has 0 aliphatic rings. The molecule has 1 atom stereocenters. The summed E-state index contributed by atoms with van der Waals surface area (Å²) in [5.41, 5.74) is 1.51. The van der Waals surface area contributed by atoms with E-state index >= 15 is 0 Å². The van der Waals surface area contributed by atoms with Crippen LogP contribution in [0.2, 0.25) is 0 Å². The molecule has 100 valence electrons. The lowest BCUT2D eigenvalue weighted by atomic mass is 10.2. The fraction of sp³-hybridized carbons (Fsp3) is 0.286. The highest BCUT2D eigenvalue weighted by Crippen LogP contribution is 2.27. The van der Waals surface area contributed by atoms with Crippen LogP contribution in [0.4, 0.5) is 0 Å². The number of ether oxygens (including phenoxy) is 1. The van der Waals surface area contributed by atoms with E-state index in [0.717, 1.165) is 10.6 Å². The van der Waals surface area contributed by atoms with Crippen molar-refractivity contribution < 1.29 is 14.6 Å². The molecule has 1 heterocycles. The number of benzene rings is 1. The molecule has 2 rings (SSSR count). The standard InChI is InChI=1S/C14H15NO3S/c1-2-18-13(17)8-12(16)11-9-19-14(15-11)10-6-4-3-5-7-10/h3-7,9,12,16H,2,8H2,1H3/t12-/m0/s1. The third-order valence-corrected chi connectivity index (χ3v) is 3.46. The van der Waals surface area contributed by atoms with E-state index in [1.165, 1.54) is 11.3 Å². The third kappa shape index (κ3) is 3.62. The van der Waals surface area contributed by atoms with Crippen LogP contribution in [-0.2, 0) is 9.53 Å². The molecule has 0 fully saturated rings. The molecule has 0 aliphatic carbocycles. The van der Waals surface area contributed by atoms with E-state index in [2.05, 4.69) is 4.98 Å². The van der Waals surface area contributed by atoms with Crippen molar-refractivity contribution in [2.24, 2.45) is 0 Å². The van der Waals surface area contributed by atoms with E-state index < -0.39 is 12.1 Å². The van der Waals surface area contributed by atoms with Crippen molar-refractivity contribution in [3.8, 4) is 10.6 Å². The molecule has 0 amide bonds. The molecule has 0 saturated heterocycles. The van der Waals surface area contributed by atoms with Crippen LogP contribution in [0.3, 0.4) is 0 Å². The Bertz CT molecular complexity index is 539. The van der Waals surface area contributed by atoms with E-state index in [1.807, 2.05) is 30.3 Å². The lowest BCUT2D eigenvalue weighted by molar-refractivity contribution is -0.145. The summed E-state index contributed by atoms with van der Waals surface area (Å²) in [5.74, 6) is -0.413. The number of nitrogens with zero attached hydrogens (tertiary/aromatic N) is 1. The molecule has 0 spiro atoms. The predicted octanol–water partition coefficient (Wildman–Crippen LogP) is 2.80. The molecule has 19 heavy (non-hydrogen) atoms. The van der Waals surface area contributed by atoms with E-state index in [-0.39, 0.29) is 6.42 Å². The van der Waals surface area contributed by atoms with Crippen molar-refractivity contribution >= 4 is 17.3 Å². The molecule has 4 nitrogen and oxygen atoms in total. The minimum absolute atomic E-state index is 0.0637. The van der Waals surface area contributed by atoms with Crippen LogP contribution in [0.25, 0.3) is 10.6 Å². The average Bonchev–Trinajstić information content (AvgIpc) is 2.89. The van der Waals surface area contributed by atoms with Gasteiger partial charge >= 0.3 is 5.97 Å². The van der Waals surface area contributed by atoms with Gasteiger partial charge in [0.1, 0.15) is 11.1 Å². The second-order valence-electron chi connectivity index (χ2n) is 3.97. The fourth-order valence-electron chi connectivity index (χ4n) is 1.63. The Balaban J connectivity index is 2.07. The largest absolute Gasteiger partial charge is 0.466 e. The van der Waals surface area contributed by atoms with Crippen molar-refractivity contribution in [1.82, 2.24) is 4.98 Å². The number of aliphatic hydroxyl groups is 1. The van der Waals surface area contributed by atoms with E-state index in [9.17, 15) is 9.90 Å². The van der Waals surface area contributed by atoms with Gasteiger partial charge in [-0.05, 0) is 6.92 Å². The smallest absolute Gasteiger partial charge is 0.308 e. The second-order valence-corrected chi connectivity index (χ2v) is 4.83. The number of rotatable bonds is 5. The van der Waals surface area contributed by atoms with Crippen molar-refractivity contribution in [2.75, 3.05) is 6.61 Å². The molecule has 0 unspecified atom stereocenters. The maximum absolute atomic E-state index is 11.3. The van der Waals surface area contributed by atoms with Crippen molar-refractivity contribution in [1.29, 1.82) is 0 Å². The first-order chi connectivity index (χ1) is 9.20. The zero-order valence-electron chi connectivity index (χ0n) is 10.6. The lowest BCUT2D eigenvalue weighted by Crippen LogP contribution is -2.10. The van der Waals surface area contributed by atoms with Crippen LogP contribution >= 0.6 is 11.3 Å². The summed E-state index contributed by atoms with van der Waals surface area (Å²) in [6, 6.07) is 9.73. The molecular weight excluding hydrogens is 262 g/mol. The van der Waals surface area contributed by atoms with Gasteiger partial charge in [0.25, 0.3) is 0 Å². The predicted molar refractivity (Wildman–Crippen MR) is 73.8 cm³/mol.